The van der Waals surface area contributed by atoms with E-state index < -0.39 is 0 Å². The van der Waals surface area contributed by atoms with Gasteiger partial charge in [-0.1, -0.05) is 43.6 Å². The molecule has 1 aliphatic heterocycles. The number of benzene rings is 1. The van der Waals surface area contributed by atoms with Gasteiger partial charge in [0.2, 0.25) is 0 Å². The minimum absolute atomic E-state index is 0.271. The quantitative estimate of drug-likeness (QED) is 0.770. The Kier molecular flexibility index (Phi) is 3.62. The second-order valence-corrected chi connectivity index (χ2v) is 5.83. The molecule has 2 aromatic rings. The van der Waals surface area contributed by atoms with E-state index in [0.717, 1.165) is 31.0 Å². The molecule has 2 heterocycles. The zero-order chi connectivity index (χ0) is 14.1. The van der Waals surface area contributed by atoms with Crippen LogP contribution in [0.3, 0.4) is 0 Å². The van der Waals surface area contributed by atoms with Crippen molar-refractivity contribution in [1.29, 1.82) is 0 Å². The van der Waals surface area contributed by atoms with E-state index in [1.807, 2.05) is 6.07 Å². The fourth-order valence-electron chi connectivity index (χ4n) is 2.59. The van der Waals surface area contributed by atoms with Crippen LogP contribution in [0.15, 0.2) is 30.3 Å². The maximum atomic E-state index is 6.16. The van der Waals surface area contributed by atoms with Gasteiger partial charge in [-0.2, -0.15) is 0 Å². The molecule has 0 N–H and O–H groups in total. The lowest BCUT2D eigenvalue weighted by atomic mass is 10.0. The Morgan fingerprint density at radius 1 is 1.20 bits per heavy atom. The van der Waals surface area contributed by atoms with Crippen molar-refractivity contribution in [3.8, 4) is 0 Å². The highest BCUT2D eigenvalue weighted by molar-refractivity contribution is 6.29. The van der Waals surface area contributed by atoms with Crippen LogP contribution in [0, 0.1) is 0 Å². The summed E-state index contributed by atoms with van der Waals surface area (Å²) in [7, 11) is 0. The summed E-state index contributed by atoms with van der Waals surface area (Å²) in [4.78, 5) is 11.2. The van der Waals surface area contributed by atoms with Gasteiger partial charge < -0.3 is 4.90 Å². The second kappa shape index (κ2) is 5.41. The first-order valence-electron chi connectivity index (χ1n) is 7.05. The summed E-state index contributed by atoms with van der Waals surface area (Å²) in [5.74, 6) is 1.98. The van der Waals surface area contributed by atoms with Gasteiger partial charge in [-0.25, -0.2) is 9.97 Å². The number of anilines is 2. The van der Waals surface area contributed by atoms with Crippen LogP contribution in [-0.2, 0) is 6.42 Å². The van der Waals surface area contributed by atoms with Crippen LogP contribution in [0.1, 0.15) is 37.6 Å². The molecular formula is C16H18ClN3. The molecule has 0 spiro atoms. The Morgan fingerprint density at radius 3 is 2.80 bits per heavy atom. The monoisotopic (exact) mass is 287 g/mol. The molecule has 1 aromatic carbocycles. The highest BCUT2D eigenvalue weighted by atomic mass is 35.5. The van der Waals surface area contributed by atoms with E-state index in [1.165, 1.54) is 11.3 Å². The van der Waals surface area contributed by atoms with Gasteiger partial charge in [-0.15, -0.1) is 0 Å². The molecule has 1 aliphatic rings. The topological polar surface area (TPSA) is 29.0 Å². The van der Waals surface area contributed by atoms with E-state index >= 15 is 0 Å². The summed E-state index contributed by atoms with van der Waals surface area (Å²) < 4.78 is 0. The van der Waals surface area contributed by atoms with Gasteiger partial charge in [-0.05, 0) is 24.5 Å². The van der Waals surface area contributed by atoms with Gasteiger partial charge in [0.1, 0.15) is 16.8 Å². The van der Waals surface area contributed by atoms with Crippen LogP contribution < -0.4 is 4.90 Å². The van der Waals surface area contributed by atoms with Gasteiger partial charge in [0.05, 0.1) is 0 Å². The van der Waals surface area contributed by atoms with Crippen LogP contribution in [0.25, 0.3) is 0 Å². The molecule has 0 unspecified atom stereocenters. The molecule has 104 valence electrons. The third-order valence-electron chi connectivity index (χ3n) is 3.60. The third-order valence-corrected chi connectivity index (χ3v) is 3.80. The lowest BCUT2D eigenvalue weighted by molar-refractivity contribution is 0.736. The average Bonchev–Trinajstić information content (AvgIpc) is 2.46. The molecule has 0 atom stereocenters. The molecule has 0 amide bonds. The predicted octanol–water partition coefficient (Wildman–Crippen LogP) is 4.34. The van der Waals surface area contributed by atoms with Crippen molar-refractivity contribution < 1.29 is 0 Å². The highest BCUT2D eigenvalue weighted by Crippen LogP contribution is 2.33. The Hall–Kier alpha value is -1.61. The Bertz CT molecular complexity index is 625. The zero-order valence-electron chi connectivity index (χ0n) is 11.8. The number of nitrogens with zero attached hydrogens (tertiary/aromatic N) is 3. The van der Waals surface area contributed by atoms with Crippen molar-refractivity contribution in [2.75, 3.05) is 11.4 Å². The summed E-state index contributed by atoms with van der Waals surface area (Å²) in [6.45, 7) is 5.14. The standard InChI is InChI=1S/C16H18ClN3/c1-11(2)16-18-14(17)10-15(19-16)20-9-5-7-12-6-3-4-8-13(12)20/h3-4,6,8,10-11H,5,7,9H2,1-2H3. The van der Waals surface area contributed by atoms with Gasteiger partial charge in [0.25, 0.3) is 0 Å². The van der Waals surface area contributed by atoms with Crippen LogP contribution in [0.5, 0.6) is 0 Å². The summed E-state index contributed by atoms with van der Waals surface area (Å²) in [6, 6.07) is 10.4. The van der Waals surface area contributed by atoms with Crippen LogP contribution in [0.2, 0.25) is 5.15 Å². The van der Waals surface area contributed by atoms with Crippen molar-refractivity contribution in [2.24, 2.45) is 0 Å². The third kappa shape index (κ3) is 2.50. The molecule has 20 heavy (non-hydrogen) atoms. The second-order valence-electron chi connectivity index (χ2n) is 5.45. The smallest absolute Gasteiger partial charge is 0.138 e. The molecule has 0 bridgehead atoms. The van der Waals surface area contributed by atoms with Crippen molar-refractivity contribution >= 4 is 23.1 Å². The summed E-state index contributed by atoms with van der Waals surface area (Å²) >= 11 is 6.16. The molecule has 0 saturated carbocycles. The van der Waals surface area contributed by atoms with Crippen LogP contribution >= 0.6 is 11.6 Å². The number of hydrogen-bond donors (Lipinski definition) is 0. The van der Waals surface area contributed by atoms with Gasteiger partial charge in [0.15, 0.2) is 0 Å². The minimum atomic E-state index is 0.271. The van der Waals surface area contributed by atoms with Crippen molar-refractivity contribution in [2.45, 2.75) is 32.6 Å². The molecule has 1 aromatic heterocycles. The number of aromatic nitrogens is 2. The predicted molar refractivity (Wildman–Crippen MR) is 82.9 cm³/mol. The molecule has 3 nitrogen and oxygen atoms in total. The lowest BCUT2D eigenvalue weighted by Gasteiger charge is -2.30. The normalized spacial score (nSPS) is 14.5. The van der Waals surface area contributed by atoms with Gasteiger partial charge in [-0.3, -0.25) is 0 Å². The maximum Gasteiger partial charge on any atom is 0.138 e. The van der Waals surface area contributed by atoms with Crippen LogP contribution in [-0.4, -0.2) is 16.5 Å². The van der Waals surface area contributed by atoms with E-state index in [9.17, 15) is 0 Å². The average molecular weight is 288 g/mol. The van der Waals surface area contributed by atoms with E-state index in [2.05, 4.69) is 53.0 Å². The fraction of sp³-hybridized carbons (Fsp3) is 0.375. The van der Waals surface area contributed by atoms with Crippen molar-refractivity contribution in [1.82, 2.24) is 9.97 Å². The summed E-state index contributed by atoms with van der Waals surface area (Å²) in [5, 5.41) is 0.516. The van der Waals surface area contributed by atoms with E-state index in [1.54, 1.807) is 0 Å². The SMILES string of the molecule is CC(C)c1nc(Cl)cc(N2CCCc3ccccc32)n1. The number of aryl methyl sites for hydroxylation is 1. The molecule has 0 radical (unpaired) electrons. The maximum absolute atomic E-state index is 6.16. The van der Waals surface area contributed by atoms with E-state index in [4.69, 9.17) is 11.6 Å². The Morgan fingerprint density at radius 2 is 2.00 bits per heavy atom. The fourth-order valence-corrected chi connectivity index (χ4v) is 2.78. The first-order chi connectivity index (χ1) is 9.65. The number of para-hydroxylation sites is 1. The highest BCUT2D eigenvalue weighted by Gasteiger charge is 2.20. The summed E-state index contributed by atoms with van der Waals surface area (Å²) in [6.07, 6.45) is 2.26. The molecular weight excluding hydrogens is 270 g/mol. The Labute approximate surface area is 124 Å². The number of halogens is 1. The van der Waals surface area contributed by atoms with E-state index in [0.29, 0.717) is 5.15 Å². The van der Waals surface area contributed by atoms with Crippen molar-refractivity contribution in [3.63, 3.8) is 0 Å². The molecule has 0 aliphatic carbocycles. The first-order valence-corrected chi connectivity index (χ1v) is 7.43. The number of rotatable bonds is 2. The van der Waals surface area contributed by atoms with Crippen LogP contribution in [0.4, 0.5) is 11.5 Å². The Balaban J connectivity index is 2.06. The largest absolute Gasteiger partial charge is 0.326 e. The van der Waals surface area contributed by atoms with Crippen molar-refractivity contribution in [3.05, 3.63) is 46.9 Å². The molecule has 0 fully saturated rings. The molecule has 4 heteroatoms. The van der Waals surface area contributed by atoms with E-state index in [-0.39, 0.29) is 5.92 Å². The number of hydrogen-bond acceptors (Lipinski definition) is 3. The van der Waals surface area contributed by atoms with Gasteiger partial charge >= 0.3 is 0 Å². The lowest BCUT2D eigenvalue weighted by Crippen LogP contribution is -2.25. The molecule has 0 saturated heterocycles. The first kappa shape index (κ1) is 13.4. The number of fused-ring (bicyclic) bond motifs is 1. The zero-order valence-corrected chi connectivity index (χ0v) is 12.6. The summed E-state index contributed by atoms with van der Waals surface area (Å²) in [5.41, 5.74) is 2.61. The van der Waals surface area contributed by atoms with Gasteiger partial charge in [0, 0.05) is 24.2 Å². The minimum Gasteiger partial charge on any atom is -0.326 e. The molecule has 3 rings (SSSR count).